The van der Waals surface area contributed by atoms with Crippen molar-refractivity contribution in [3.63, 3.8) is 0 Å². The third-order valence-corrected chi connectivity index (χ3v) is 2.70. The quantitative estimate of drug-likeness (QED) is 0.655. The number of rotatable bonds is 4. The average Bonchev–Trinajstić information content (AvgIpc) is 2.52. The predicted octanol–water partition coefficient (Wildman–Crippen LogP) is -0.0141. The fourth-order valence-electron chi connectivity index (χ4n) is 1.80. The van der Waals surface area contributed by atoms with E-state index in [0.717, 1.165) is 19.5 Å². The molecule has 0 saturated carbocycles. The Hall–Kier alpha value is -0.190. The standard InChI is InChI=1S/C9H19FN2O/c1-7(11)8-2-3-12(5-8)6-9(13)4-10/h7-9,13H,2-6,11H2,1H3. The van der Waals surface area contributed by atoms with Crippen LogP contribution in [0, 0.1) is 5.92 Å². The molecule has 1 fully saturated rings. The molecule has 3 N–H and O–H groups in total. The molecule has 1 aliphatic heterocycles. The van der Waals surface area contributed by atoms with Gasteiger partial charge in [0.15, 0.2) is 0 Å². The van der Waals surface area contributed by atoms with Gasteiger partial charge >= 0.3 is 0 Å². The molecule has 1 heterocycles. The van der Waals surface area contributed by atoms with Crippen molar-refractivity contribution >= 4 is 0 Å². The number of alkyl halides is 1. The van der Waals surface area contributed by atoms with E-state index < -0.39 is 12.8 Å². The van der Waals surface area contributed by atoms with Crippen molar-refractivity contribution in [2.24, 2.45) is 11.7 Å². The number of aliphatic hydroxyl groups is 1. The molecule has 0 bridgehead atoms. The van der Waals surface area contributed by atoms with Crippen LogP contribution in [0.5, 0.6) is 0 Å². The van der Waals surface area contributed by atoms with Crippen LogP contribution in [0.4, 0.5) is 4.39 Å². The van der Waals surface area contributed by atoms with Crippen molar-refractivity contribution in [3.05, 3.63) is 0 Å². The highest BCUT2D eigenvalue weighted by Gasteiger charge is 2.26. The zero-order valence-corrected chi connectivity index (χ0v) is 8.12. The third kappa shape index (κ3) is 3.21. The summed E-state index contributed by atoms with van der Waals surface area (Å²) in [6.45, 7) is 3.62. The maximum Gasteiger partial charge on any atom is 0.117 e. The number of nitrogens with two attached hydrogens (primary N) is 1. The van der Waals surface area contributed by atoms with Crippen LogP contribution in [0.1, 0.15) is 13.3 Å². The zero-order valence-electron chi connectivity index (χ0n) is 8.12. The largest absolute Gasteiger partial charge is 0.389 e. The zero-order chi connectivity index (χ0) is 9.84. The first-order valence-corrected chi connectivity index (χ1v) is 4.85. The first-order valence-electron chi connectivity index (χ1n) is 4.85. The van der Waals surface area contributed by atoms with Gasteiger partial charge in [-0.15, -0.1) is 0 Å². The van der Waals surface area contributed by atoms with E-state index in [2.05, 4.69) is 4.90 Å². The Morgan fingerprint density at radius 2 is 2.38 bits per heavy atom. The molecule has 3 atom stereocenters. The van der Waals surface area contributed by atoms with Gasteiger partial charge in [-0.2, -0.15) is 0 Å². The van der Waals surface area contributed by atoms with Crippen LogP contribution in [-0.2, 0) is 0 Å². The number of nitrogens with zero attached hydrogens (tertiary/aromatic N) is 1. The topological polar surface area (TPSA) is 49.5 Å². The third-order valence-electron chi connectivity index (χ3n) is 2.70. The lowest BCUT2D eigenvalue weighted by Crippen LogP contribution is -2.34. The Labute approximate surface area is 78.7 Å². The van der Waals surface area contributed by atoms with E-state index in [-0.39, 0.29) is 6.04 Å². The van der Waals surface area contributed by atoms with E-state index in [1.165, 1.54) is 0 Å². The highest BCUT2D eigenvalue weighted by molar-refractivity contribution is 4.81. The minimum absolute atomic E-state index is 0.201. The van der Waals surface area contributed by atoms with Gasteiger partial charge in [-0.05, 0) is 25.8 Å². The van der Waals surface area contributed by atoms with Gasteiger partial charge in [-0.25, -0.2) is 4.39 Å². The molecule has 0 radical (unpaired) electrons. The van der Waals surface area contributed by atoms with Crippen molar-refractivity contribution in [1.29, 1.82) is 0 Å². The minimum Gasteiger partial charge on any atom is -0.389 e. The fraction of sp³-hybridized carbons (Fsp3) is 1.00. The smallest absolute Gasteiger partial charge is 0.117 e. The summed E-state index contributed by atoms with van der Waals surface area (Å²) in [4.78, 5) is 2.08. The summed E-state index contributed by atoms with van der Waals surface area (Å²) in [7, 11) is 0. The second-order valence-corrected chi connectivity index (χ2v) is 3.98. The van der Waals surface area contributed by atoms with E-state index in [0.29, 0.717) is 12.5 Å². The Bertz CT molecular complexity index is 155. The summed E-state index contributed by atoms with van der Waals surface area (Å²) < 4.78 is 12.0. The first-order chi connectivity index (χ1) is 6.13. The molecule has 0 aromatic rings. The van der Waals surface area contributed by atoms with Crippen LogP contribution >= 0.6 is 0 Å². The molecule has 1 aliphatic rings. The SMILES string of the molecule is CC(N)C1CCN(CC(O)CF)C1. The molecule has 0 spiro atoms. The van der Waals surface area contributed by atoms with E-state index >= 15 is 0 Å². The maximum atomic E-state index is 12.0. The number of halogens is 1. The molecular formula is C9H19FN2O. The highest BCUT2D eigenvalue weighted by atomic mass is 19.1. The Balaban J connectivity index is 2.25. The maximum absolute atomic E-state index is 12.0. The molecular weight excluding hydrogens is 171 g/mol. The average molecular weight is 190 g/mol. The van der Waals surface area contributed by atoms with Gasteiger partial charge in [-0.1, -0.05) is 0 Å². The van der Waals surface area contributed by atoms with Crippen molar-refractivity contribution < 1.29 is 9.50 Å². The lowest BCUT2D eigenvalue weighted by Gasteiger charge is -2.19. The van der Waals surface area contributed by atoms with Crippen LogP contribution in [0.25, 0.3) is 0 Å². The Morgan fingerprint density at radius 3 is 2.85 bits per heavy atom. The summed E-state index contributed by atoms with van der Waals surface area (Å²) in [6.07, 6.45) is 0.239. The molecule has 0 aliphatic carbocycles. The van der Waals surface area contributed by atoms with Crippen LogP contribution in [0.15, 0.2) is 0 Å². The first kappa shape index (κ1) is 10.9. The van der Waals surface area contributed by atoms with Gasteiger partial charge in [-0.3, -0.25) is 0 Å². The van der Waals surface area contributed by atoms with E-state index in [4.69, 9.17) is 10.8 Å². The van der Waals surface area contributed by atoms with Gasteiger partial charge in [0.1, 0.15) is 6.67 Å². The molecule has 1 saturated heterocycles. The molecule has 0 aromatic heterocycles. The summed E-state index contributed by atoms with van der Waals surface area (Å²) in [5.41, 5.74) is 5.76. The Morgan fingerprint density at radius 1 is 1.69 bits per heavy atom. The number of likely N-dealkylation sites (tertiary alicyclic amines) is 1. The molecule has 1 rings (SSSR count). The summed E-state index contributed by atoms with van der Waals surface area (Å²) in [5.74, 6) is 0.506. The lowest BCUT2D eigenvalue weighted by molar-refractivity contribution is 0.0976. The van der Waals surface area contributed by atoms with Gasteiger partial charge in [0.2, 0.25) is 0 Å². The fourth-order valence-corrected chi connectivity index (χ4v) is 1.80. The number of hydrogen-bond donors (Lipinski definition) is 2. The molecule has 4 heteroatoms. The van der Waals surface area contributed by atoms with E-state index in [9.17, 15) is 4.39 Å². The lowest BCUT2D eigenvalue weighted by atomic mass is 10.0. The van der Waals surface area contributed by atoms with Crippen LogP contribution < -0.4 is 5.73 Å². The second-order valence-electron chi connectivity index (χ2n) is 3.98. The van der Waals surface area contributed by atoms with E-state index in [1.807, 2.05) is 6.92 Å². The van der Waals surface area contributed by atoms with Crippen molar-refractivity contribution in [3.8, 4) is 0 Å². The van der Waals surface area contributed by atoms with Crippen LogP contribution in [-0.4, -0.2) is 48.5 Å². The molecule has 3 nitrogen and oxygen atoms in total. The molecule has 0 amide bonds. The second kappa shape index (κ2) is 4.88. The minimum atomic E-state index is -0.827. The Kier molecular flexibility index (Phi) is 4.09. The number of β-amino-alcohol motifs (C(OH)–C–C–N with tert-alkyl or cyclic N) is 1. The molecule has 78 valence electrons. The van der Waals surface area contributed by atoms with E-state index in [1.54, 1.807) is 0 Å². The predicted molar refractivity (Wildman–Crippen MR) is 50.2 cm³/mol. The van der Waals surface area contributed by atoms with Gasteiger partial charge in [0, 0.05) is 19.1 Å². The molecule has 3 unspecified atom stereocenters. The normalized spacial score (nSPS) is 29.1. The van der Waals surface area contributed by atoms with Crippen LogP contribution in [0.2, 0.25) is 0 Å². The van der Waals surface area contributed by atoms with Crippen molar-refractivity contribution in [2.75, 3.05) is 26.3 Å². The summed E-state index contributed by atoms with van der Waals surface area (Å²) >= 11 is 0. The highest BCUT2D eigenvalue weighted by Crippen LogP contribution is 2.18. The van der Waals surface area contributed by atoms with Crippen LogP contribution in [0.3, 0.4) is 0 Å². The molecule has 13 heavy (non-hydrogen) atoms. The molecule has 0 aromatic carbocycles. The monoisotopic (exact) mass is 190 g/mol. The van der Waals surface area contributed by atoms with Gasteiger partial charge in [0.05, 0.1) is 6.10 Å². The van der Waals surface area contributed by atoms with Crippen molar-refractivity contribution in [2.45, 2.75) is 25.5 Å². The number of hydrogen-bond acceptors (Lipinski definition) is 3. The summed E-state index contributed by atoms with van der Waals surface area (Å²) in [6, 6.07) is 0.201. The van der Waals surface area contributed by atoms with Crippen molar-refractivity contribution in [1.82, 2.24) is 4.90 Å². The van der Waals surface area contributed by atoms with Gasteiger partial charge < -0.3 is 15.7 Å². The number of aliphatic hydroxyl groups excluding tert-OH is 1. The summed E-state index contributed by atoms with van der Waals surface area (Å²) in [5, 5.41) is 9.10. The van der Waals surface area contributed by atoms with Gasteiger partial charge in [0.25, 0.3) is 0 Å².